The molecule has 2 rings (SSSR count). The minimum Gasteiger partial charge on any atom is -0.391 e. The molecule has 1 aliphatic carbocycles. The van der Waals surface area contributed by atoms with E-state index in [0.717, 1.165) is 12.8 Å². The third-order valence-electron chi connectivity index (χ3n) is 3.12. The normalized spacial score (nSPS) is 15.8. The molecule has 0 radical (unpaired) electrons. The highest BCUT2D eigenvalue weighted by molar-refractivity contribution is 5.98. The SMILES string of the molecule is O=C(NCC(O)C1CC1)c1cc(F)c(F)cc1[N+](=O)[O-]. The number of benzene rings is 1. The molecular weight excluding hydrogens is 274 g/mol. The lowest BCUT2D eigenvalue weighted by atomic mass is 10.1. The number of carbonyl (C=O) groups is 1. The monoisotopic (exact) mass is 286 g/mol. The highest BCUT2D eigenvalue weighted by Gasteiger charge is 2.30. The number of carbonyl (C=O) groups excluding carboxylic acids is 1. The topological polar surface area (TPSA) is 92.5 Å². The summed E-state index contributed by atoms with van der Waals surface area (Å²) in [4.78, 5) is 21.5. The van der Waals surface area contributed by atoms with E-state index in [1.54, 1.807) is 0 Å². The van der Waals surface area contributed by atoms with Gasteiger partial charge in [-0.3, -0.25) is 14.9 Å². The molecule has 0 saturated heterocycles. The van der Waals surface area contributed by atoms with E-state index in [1.165, 1.54) is 0 Å². The molecule has 1 fully saturated rings. The maximum Gasteiger partial charge on any atom is 0.285 e. The molecular formula is C12H12F2N2O4. The van der Waals surface area contributed by atoms with Crippen LogP contribution in [0.4, 0.5) is 14.5 Å². The van der Waals surface area contributed by atoms with Gasteiger partial charge in [0.15, 0.2) is 11.6 Å². The molecule has 108 valence electrons. The predicted molar refractivity (Wildman–Crippen MR) is 64.1 cm³/mol. The van der Waals surface area contributed by atoms with Gasteiger partial charge in [-0.05, 0) is 24.8 Å². The lowest BCUT2D eigenvalue weighted by molar-refractivity contribution is -0.385. The van der Waals surface area contributed by atoms with E-state index >= 15 is 0 Å². The molecule has 0 bridgehead atoms. The maximum absolute atomic E-state index is 13.1. The number of rotatable bonds is 5. The van der Waals surface area contributed by atoms with Crippen molar-refractivity contribution in [2.75, 3.05) is 6.54 Å². The largest absolute Gasteiger partial charge is 0.391 e. The molecule has 6 nitrogen and oxygen atoms in total. The summed E-state index contributed by atoms with van der Waals surface area (Å²) in [5.74, 6) is -3.54. The van der Waals surface area contributed by atoms with E-state index in [4.69, 9.17) is 0 Å². The first-order valence-corrected chi connectivity index (χ1v) is 6.00. The lowest BCUT2D eigenvalue weighted by Crippen LogP contribution is -2.33. The number of amides is 1. The van der Waals surface area contributed by atoms with Gasteiger partial charge in [-0.15, -0.1) is 0 Å². The lowest BCUT2D eigenvalue weighted by Gasteiger charge is -2.11. The number of hydrogen-bond acceptors (Lipinski definition) is 4. The van der Waals surface area contributed by atoms with Crippen molar-refractivity contribution in [3.63, 3.8) is 0 Å². The number of hydrogen-bond donors (Lipinski definition) is 2. The summed E-state index contributed by atoms with van der Waals surface area (Å²) in [6.07, 6.45) is 0.994. The summed E-state index contributed by atoms with van der Waals surface area (Å²) < 4.78 is 26.1. The van der Waals surface area contributed by atoms with Crippen LogP contribution in [0.15, 0.2) is 12.1 Å². The van der Waals surface area contributed by atoms with Gasteiger partial charge >= 0.3 is 0 Å². The van der Waals surface area contributed by atoms with E-state index in [1.807, 2.05) is 0 Å². The van der Waals surface area contributed by atoms with Crippen LogP contribution in [0.1, 0.15) is 23.2 Å². The van der Waals surface area contributed by atoms with Crippen LogP contribution in [0.25, 0.3) is 0 Å². The van der Waals surface area contributed by atoms with Crippen molar-refractivity contribution in [1.82, 2.24) is 5.32 Å². The molecule has 0 spiro atoms. The first-order chi connectivity index (χ1) is 9.40. The Morgan fingerprint density at radius 1 is 1.45 bits per heavy atom. The van der Waals surface area contributed by atoms with E-state index in [2.05, 4.69) is 5.32 Å². The van der Waals surface area contributed by atoms with Crippen LogP contribution in [0.2, 0.25) is 0 Å². The molecule has 1 aromatic carbocycles. The van der Waals surface area contributed by atoms with Gasteiger partial charge in [-0.25, -0.2) is 8.78 Å². The number of halogens is 2. The Balaban J connectivity index is 2.15. The van der Waals surface area contributed by atoms with E-state index in [9.17, 15) is 28.8 Å². The van der Waals surface area contributed by atoms with Gasteiger partial charge in [0.2, 0.25) is 0 Å². The second kappa shape index (κ2) is 5.49. The fourth-order valence-corrected chi connectivity index (χ4v) is 1.81. The van der Waals surface area contributed by atoms with Gasteiger partial charge < -0.3 is 10.4 Å². The van der Waals surface area contributed by atoms with E-state index in [0.29, 0.717) is 12.1 Å². The first kappa shape index (κ1) is 14.3. The maximum atomic E-state index is 13.1. The molecule has 8 heteroatoms. The van der Waals surface area contributed by atoms with Crippen molar-refractivity contribution in [2.24, 2.45) is 5.92 Å². The molecule has 0 aliphatic heterocycles. The third-order valence-corrected chi connectivity index (χ3v) is 3.12. The number of nitrogens with one attached hydrogen (secondary N) is 1. The summed E-state index contributed by atoms with van der Waals surface area (Å²) in [5.41, 5.74) is -1.39. The summed E-state index contributed by atoms with van der Waals surface area (Å²) >= 11 is 0. The standard InChI is InChI=1S/C12H12F2N2O4/c13-8-3-7(10(16(19)20)4-9(8)14)12(18)15-5-11(17)6-1-2-6/h3-4,6,11,17H,1-2,5H2,(H,15,18). The van der Waals surface area contributed by atoms with Gasteiger partial charge in [0, 0.05) is 6.54 Å². The summed E-state index contributed by atoms with van der Waals surface area (Å²) in [5, 5.41) is 22.6. The average molecular weight is 286 g/mol. The molecule has 1 aliphatic rings. The number of nitro benzene ring substituents is 1. The molecule has 0 aromatic heterocycles. The summed E-state index contributed by atoms with van der Waals surface area (Å²) in [6.45, 7) is -0.0837. The molecule has 1 unspecified atom stereocenters. The Hall–Kier alpha value is -2.09. The Morgan fingerprint density at radius 3 is 2.60 bits per heavy atom. The molecule has 1 amide bonds. The molecule has 1 aromatic rings. The Labute approximate surface area is 112 Å². The van der Waals surface area contributed by atoms with Crippen molar-refractivity contribution >= 4 is 11.6 Å². The second-order valence-corrected chi connectivity index (χ2v) is 4.66. The van der Waals surface area contributed by atoms with Crippen molar-refractivity contribution < 1.29 is 23.6 Å². The van der Waals surface area contributed by atoms with Gasteiger partial charge in [-0.1, -0.05) is 0 Å². The van der Waals surface area contributed by atoms with E-state index < -0.39 is 39.8 Å². The fourth-order valence-electron chi connectivity index (χ4n) is 1.81. The first-order valence-electron chi connectivity index (χ1n) is 6.00. The average Bonchev–Trinajstić information content (AvgIpc) is 3.22. The Morgan fingerprint density at radius 2 is 2.05 bits per heavy atom. The highest BCUT2D eigenvalue weighted by Crippen LogP contribution is 2.32. The molecule has 1 atom stereocenters. The zero-order valence-electron chi connectivity index (χ0n) is 10.3. The highest BCUT2D eigenvalue weighted by atomic mass is 19.2. The van der Waals surface area contributed by atoms with Gasteiger partial charge in [-0.2, -0.15) is 0 Å². The number of nitrogens with zero attached hydrogens (tertiary/aromatic N) is 1. The van der Waals surface area contributed by atoms with E-state index in [-0.39, 0.29) is 12.5 Å². The van der Waals surface area contributed by atoms with Crippen LogP contribution in [-0.2, 0) is 0 Å². The zero-order chi connectivity index (χ0) is 14.9. The van der Waals surface area contributed by atoms with Crippen LogP contribution in [0, 0.1) is 27.7 Å². The van der Waals surface area contributed by atoms with Gasteiger partial charge in [0.1, 0.15) is 5.56 Å². The fraction of sp³-hybridized carbons (Fsp3) is 0.417. The molecule has 2 N–H and O–H groups in total. The zero-order valence-corrected chi connectivity index (χ0v) is 10.3. The minimum atomic E-state index is -1.40. The van der Waals surface area contributed by atoms with Crippen molar-refractivity contribution in [1.29, 1.82) is 0 Å². The predicted octanol–water partition coefficient (Wildman–Crippen LogP) is 1.37. The van der Waals surface area contributed by atoms with Gasteiger partial charge in [0.25, 0.3) is 11.6 Å². The third kappa shape index (κ3) is 3.08. The molecule has 20 heavy (non-hydrogen) atoms. The number of aliphatic hydroxyl groups is 1. The Kier molecular flexibility index (Phi) is 3.93. The number of aliphatic hydroxyl groups excluding tert-OH is 1. The van der Waals surface area contributed by atoms with Crippen molar-refractivity contribution in [3.05, 3.63) is 39.4 Å². The van der Waals surface area contributed by atoms with Crippen molar-refractivity contribution in [2.45, 2.75) is 18.9 Å². The quantitative estimate of drug-likeness (QED) is 0.631. The number of nitro groups is 1. The van der Waals surface area contributed by atoms with Crippen LogP contribution in [0.5, 0.6) is 0 Å². The summed E-state index contributed by atoms with van der Waals surface area (Å²) in [6, 6.07) is 0.841. The van der Waals surface area contributed by atoms with Crippen LogP contribution in [-0.4, -0.2) is 28.6 Å². The molecule has 0 heterocycles. The molecule has 1 saturated carbocycles. The van der Waals surface area contributed by atoms with Crippen molar-refractivity contribution in [3.8, 4) is 0 Å². The smallest absolute Gasteiger partial charge is 0.285 e. The minimum absolute atomic E-state index is 0.0837. The second-order valence-electron chi connectivity index (χ2n) is 4.66. The Bertz CT molecular complexity index is 561. The summed E-state index contributed by atoms with van der Waals surface area (Å²) in [7, 11) is 0. The van der Waals surface area contributed by atoms with Crippen LogP contribution < -0.4 is 5.32 Å². The van der Waals surface area contributed by atoms with Crippen LogP contribution in [0.3, 0.4) is 0 Å². The van der Waals surface area contributed by atoms with Gasteiger partial charge in [0.05, 0.1) is 17.1 Å². The van der Waals surface area contributed by atoms with Crippen LogP contribution >= 0.6 is 0 Å².